The number of aromatic amines is 1. The second-order valence-electron chi connectivity index (χ2n) is 9.93. The second-order valence-corrected chi connectivity index (χ2v) is 12.1. The molecule has 2 saturated carbocycles. The van der Waals surface area contributed by atoms with E-state index < -0.39 is 35.4 Å². The summed E-state index contributed by atoms with van der Waals surface area (Å²) >= 11 is 2.79. The number of anilines is 1. The fourth-order valence-electron chi connectivity index (χ4n) is 7.13. The maximum Gasteiger partial charge on any atom is 0.416 e. The average molecular weight is 529 g/mol. The number of H-pyrrole nitrogens is 1. The summed E-state index contributed by atoms with van der Waals surface area (Å²) in [7, 11) is 0. The number of benzene rings is 2. The SMILES string of the molecule is O=C1[C@@H]2[C@@H]3C[C@@H]([C@H]2C(=O)N1c1cccc(C(F)(F)F)c1)[C@H]1[C@@H](c2ccccc2)c2sc(=O)[nH]c2S[C@H]31. The minimum Gasteiger partial charge on any atom is -0.307 e. The van der Waals surface area contributed by atoms with Crippen LogP contribution in [0, 0.1) is 29.6 Å². The molecule has 7 rings (SSSR count). The molecule has 1 aromatic heterocycles. The van der Waals surface area contributed by atoms with Crippen molar-refractivity contribution >= 4 is 40.6 Å². The molecule has 2 aromatic carbocycles. The quantitative estimate of drug-likeness (QED) is 0.468. The van der Waals surface area contributed by atoms with Gasteiger partial charge in [0.25, 0.3) is 0 Å². The number of alkyl halides is 3. The van der Waals surface area contributed by atoms with E-state index in [4.69, 9.17) is 0 Å². The Hall–Kier alpha value is -2.85. The van der Waals surface area contributed by atoms with Gasteiger partial charge >= 0.3 is 11.0 Å². The van der Waals surface area contributed by atoms with E-state index in [-0.39, 0.29) is 39.5 Å². The number of carbonyl (C=O) groups excluding carboxylic acids is 2. The molecular weight excluding hydrogens is 509 g/mol. The zero-order valence-electron chi connectivity index (χ0n) is 18.6. The van der Waals surface area contributed by atoms with Crippen LogP contribution in [0.2, 0.25) is 0 Å². The molecule has 3 heterocycles. The van der Waals surface area contributed by atoms with Crippen molar-refractivity contribution in [3.8, 4) is 0 Å². The monoisotopic (exact) mass is 528 g/mol. The summed E-state index contributed by atoms with van der Waals surface area (Å²) in [5.41, 5.74) is 0.162. The van der Waals surface area contributed by atoms with Crippen molar-refractivity contribution < 1.29 is 22.8 Å². The van der Waals surface area contributed by atoms with Crippen molar-refractivity contribution in [3.63, 3.8) is 0 Å². The lowest BCUT2D eigenvalue weighted by Crippen LogP contribution is -2.42. The fourth-order valence-corrected chi connectivity index (χ4v) is 10.0. The number of thioether (sulfide) groups is 1. The molecule has 0 spiro atoms. The molecule has 0 radical (unpaired) electrons. The molecule has 1 saturated heterocycles. The van der Waals surface area contributed by atoms with Crippen LogP contribution in [0.25, 0.3) is 0 Å². The fraction of sp³-hybridized carbons (Fsp3) is 0.346. The third kappa shape index (κ3) is 3.00. The molecule has 5 nitrogen and oxygen atoms in total. The molecule has 7 atom stereocenters. The summed E-state index contributed by atoms with van der Waals surface area (Å²) in [5, 5.41) is 0.869. The first-order valence-electron chi connectivity index (χ1n) is 11.7. The van der Waals surface area contributed by atoms with E-state index >= 15 is 0 Å². The Morgan fingerprint density at radius 3 is 2.36 bits per heavy atom. The number of hydrogen-bond donors (Lipinski definition) is 1. The van der Waals surface area contributed by atoms with Gasteiger partial charge < -0.3 is 4.98 Å². The van der Waals surface area contributed by atoms with E-state index in [1.165, 1.54) is 23.5 Å². The second kappa shape index (κ2) is 7.58. The van der Waals surface area contributed by atoms with E-state index in [0.29, 0.717) is 0 Å². The van der Waals surface area contributed by atoms with Gasteiger partial charge in [-0.2, -0.15) is 13.2 Å². The molecule has 2 bridgehead atoms. The third-order valence-electron chi connectivity index (χ3n) is 8.31. The van der Waals surface area contributed by atoms with E-state index in [1.54, 1.807) is 11.8 Å². The lowest BCUT2D eigenvalue weighted by Gasteiger charge is -2.43. The van der Waals surface area contributed by atoms with E-state index in [9.17, 15) is 27.6 Å². The molecule has 2 aliphatic heterocycles. The van der Waals surface area contributed by atoms with Crippen LogP contribution in [0.1, 0.15) is 28.3 Å². The molecule has 3 fully saturated rings. The first kappa shape index (κ1) is 22.4. The number of thiazole rings is 1. The molecule has 3 aromatic rings. The number of nitrogens with one attached hydrogen (secondary N) is 1. The van der Waals surface area contributed by atoms with Gasteiger partial charge in [-0.1, -0.05) is 47.7 Å². The predicted molar refractivity (Wildman–Crippen MR) is 129 cm³/mol. The Morgan fingerprint density at radius 1 is 0.917 bits per heavy atom. The number of halogens is 3. The lowest BCUT2D eigenvalue weighted by atomic mass is 9.68. The largest absolute Gasteiger partial charge is 0.416 e. The molecule has 4 aliphatic rings. The summed E-state index contributed by atoms with van der Waals surface area (Å²) in [6.07, 6.45) is -3.84. The van der Waals surface area contributed by atoms with Gasteiger partial charge in [0.05, 0.1) is 28.1 Å². The Bertz CT molecular complexity index is 1470. The number of nitrogens with zero attached hydrogens (tertiary/aromatic N) is 1. The van der Waals surface area contributed by atoms with E-state index in [0.717, 1.165) is 38.9 Å². The highest BCUT2D eigenvalue weighted by Crippen LogP contribution is 2.68. The van der Waals surface area contributed by atoms with Crippen LogP contribution in [0.3, 0.4) is 0 Å². The van der Waals surface area contributed by atoms with Crippen molar-refractivity contribution in [3.05, 3.63) is 80.3 Å². The van der Waals surface area contributed by atoms with Crippen molar-refractivity contribution in [2.45, 2.75) is 28.8 Å². The topological polar surface area (TPSA) is 70.2 Å². The van der Waals surface area contributed by atoms with Crippen molar-refractivity contribution in [2.24, 2.45) is 29.6 Å². The Balaban J connectivity index is 1.30. The van der Waals surface area contributed by atoms with Crippen LogP contribution in [0.5, 0.6) is 0 Å². The summed E-state index contributed by atoms with van der Waals surface area (Å²) < 4.78 is 40.0. The summed E-state index contributed by atoms with van der Waals surface area (Å²) in [6.45, 7) is 0. The highest BCUT2D eigenvalue weighted by molar-refractivity contribution is 8.00. The standard InChI is InChI=1S/C26H19F3N2O3S2/c27-26(28,29)12-7-4-8-13(9-12)31-23(32)18-14-10-15(19(18)24(31)33)20-17(14)16(11-5-2-1-3-6-11)21-22(35-20)30-25(34)36-21/h1-9,14-20H,10H2,(H,30,34)/t14-,15+,16-,17+,18-,19-,20-/m1/s1. The normalized spacial score (nSPS) is 32.5. The molecule has 2 aliphatic carbocycles. The highest BCUT2D eigenvalue weighted by Gasteiger charge is 2.69. The van der Waals surface area contributed by atoms with Gasteiger partial charge in [0.15, 0.2) is 0 Å². The Labute approximate surface area is 211 Å². The molecule has 2 amide bonds. The van der Waals surface area contributed by atoms with Gasteiger partial charge in [-0.05, 0) is 47.9 Å². The smallest absolute Gasteiger partial charge is 0.307 e. The average Bonchev–Trinajstić information content (AvgIpc) is 3.58. The van der Waals surface area contributed by atoms with Crippen molar-refractivity contribution in [2.75, 3.05) is 4.90 Å². The Kier molecular flexibility index (Phi) is 4.71. The summed E-state index contributed by atoms with van der Waals surface area (Å²) in [4.78, 5) is 44.3. The van der Waals surface area contributed by atoms with Gasteiger partial charge in [-0.15, -0.1) is 11.8 Å². The molecule has 36 heavy (non-hydrogen) atoms. The zero-order chi connectivity index (χ0) is 24.9. The van der Waals surface area contributed by atoms with Crippen LogP contribution < -0.4 is 9.77 Å². The first-order chi connectivity index (χ1) is 17.2. The lowest BCUT2D eigenvalue weighted by molar-refractivity contribution is -0.137. The number of imide groups is 1. The molecule has 10 heteroatoms. The van der Waals surface area contributed by atoms with Crippen LogP contribution in [-0.2, 0) is 15.8 Å². The molecular formula is C26H19F3N2O3S2. The number of rotatable bonds is 2. The van der Waals surface area contributed by atoms with Crippen molar-refractivity contribution in [1.29, 1.82) is 0 Å². The number of amides is 2. The van der Waals surface area contributed by atoms with Crippen LogP contribution in [0.4, 0.5) is 18.9 Å². The predicted octanol–water partition coefficient (Wildman–Crippen LogP) is 5.13. The maximum absolute atomic E-state index is 13.7. The highest BCUT2D eigenvalue weighted by atomic mass is 32.2. The number of aromatic nitrogens is 1. The minimum absolute atomic E-state index is 0.0210. The van der Waals surface area contributed by atoms with Gasteiger partial charge in [-0.25, -0.2) is 0 Å². The molecule has 1 N–H and O–H groups in total. The number of fused-ring (bicyclic) bond motifs is 9. The number of hydrogen-bond acceptors (Lipinski definition) is 5. The van der Waals surface area contributed by atoms with Crippen molar-refractivity contribution in [1.82, 2.24) is 4.98 Å². The van der Waals surface area contributed by atoms with Gasteiger partial charge in [-0.3, -0.25) is 19.3 Å². The van der Waals surface area contributed by atoms with Crippen LogP contribution >= 0.6 is 23.1 Å². The summed E-state index contributed by atoms with van der Waals surface area (Å²) in [5.74, 6) is -2.09. The van der Waals surface area contributed by atoms with E-state index in [1.807, 2.05) is 30.3 Å². The number of carbonyl (C=O) groups is 2. The third-order valence-corrected chi connectivity index (χ3v) is 10.9. The first-order valence-corrected chi connectivity index (χ1v) is 13.4. The molecule has 0 unspecified atom stereocenters. The minimum atomic E-state index is -4.57. The van der Waals surface area contributed by atoms with Gasteiger partial charge in [0.1, 0.15) is 0 Å². The molecule has 184 valence electrons. The van der Waals surface area contributed by atoms with E-state index in [2.05, 4.69) is 4.98 Å². The van der Waals surface area contributed by atoms with Crippen LogP contribution in [0.15, 0.2) is 64.4 Å². The van der Waals surface area contributed by atoms with Crippen LogP contribution in [-0.4, -0.2) is 22.0 Å². The Morgan fingerprint density at radius 2 is 1.64 bits per heavy atom. The van der Waals surface area contributed by atoms with Gasteiger partial charge in [0.2, 0.25) is 11.8 Å². The zero-order valence-corrected chi connectivity index (χ0v) is 20.2. The van der Waals surface area contributed by atoms with Gasteiger partial charge in [0, 0.05) is 16.0 Å². The summed E-state index contributed by atoms with van der Waals surface area (Å²) in [6, 6.07) is 14.4. The maximum atomic E-state index is 13.7.